The van der Waals surface area contributed by atoms with E-state index >= 15 is 0 Å². The second-order valence-corrected chi connectivity index (χ2v) is 5.74. The van der Waals surface area contributed by atoms with Crippen molar-refractivity contribution in [3.05, 3.63) is 16.6 Å². The van der Waals surface area contributed by atoms with E-state index in [0.717, 1.165) is 24.3 Å². The molecule has 0 saturated heterocycles. The minimum absolute atomic E-state index is 0.127. The first kappa shape index (κ1) is 11.6. The van der Waals surface area contributed by atoms with Crippen molar-refractivity contribution in [1.29, 1.82) is 5.26 Å². The number of aromatic nitrogens is 1. The van der Waals surface area contributed by atoms with Gasteiger partial charge >= 0.3 is 0 Å². The summed E-state index contributed by atoms with van der Waals surface area (Å²) in [6, 6.07) is 2.59. The van der Waals surface area contributed by atoms with Crippen molar-refractivity contribution in [3.8, 4) is 6.07 Å². The minimum Gasteiger partial charge on any atom is -0.250 e. The molecule has 1 saturated carbocycles. The Bertz CT molecular complexity index is 343. The Kier molecular flexibility index (Phi) is 3.95. The molecule has 1 aliphatic carbocycles. The van der Waals surface area contributed by atoms with Crippen LogP contribution in [0.25, 0.3) is 0 Å². The third-order valence-electron chi connectivity index (χ3n) is 3.52. The topological polar surface area (TPSA) is 36.7 Å². The number of thiazole rings is 1. The lowest BCUT2D eigenvalue weighted by Crippen LogP contribution is -2.23. The van der Waals surface area contributed by atoms with Crippen LogP contribution in [0.1, 0.15) is 50.0 Å². The molecule has 0 spiro atoms. The van der Waals surface area contributed by atoms with E-state index in [1.54, 1.807) is 11.3 Å². The van der Waals surface area contributed by atoms with E-state index in [1.807, 2.05) is 11.6 Å². The van der Waals surface area contributed by atoms with Crippen LogP contribution in [0.15, 0.2) is 11.6 Å². The Morgan fingerprint density at radius 2 is 1.94 bits per heavy atom. The summed E-state index contributed by atoms with van der Waals surface area (Å²) in [4.78, 5) is 4.32. The molecule has 3 heteroatoms. The highest BCUT2D eigenvalue weighted by atomic mass is 32.1. The second kappa shape index (κ2) is 5.45. The van der Waals surface area contributed by atoms with Crippen LogP contribution < -0.4 is 0 Å². The predicted octanol–water partition coefficient (Wildman–Crippen LogP) is 3.94. The van der Waals surface area contributed by atoms with Crippen LogP contribution in [-0.2, 0) is 6.42 Å². The number of hydrogen-bond donors (Lipinski definition) is 0. The molecule has 0 N–H and O–H groups in total. The van der Waals surface area contributed by atoms with Gasteiger partial charge in [-0.3, -0.25) is 0 Å². The van der Waals surface area contributed by atoms with Crippen molar-refractivity contribution >= 4 is 11.3 Å². The lowest BCUT2D eigenvalue weighted by Gasteiger charge is -2.27. The fraction of sp³-hybridized carbons (Fsp3) is 0.692. The molecule has 0 amide bonds. The lowest BCUT2D eigenvalue weighted by atomic mass is 9.75. The van der Waals surface area contributed by atoms with Crippen LogP contribution in [0.2, 0.25) is 0 Å². The maximum atomic E-state index is 9.48. The molecule has 1 aromatic heterocycles. The Labute approximate surface area is 101 Å². The maximum Gasteiger partial charge on any atom is 0.0940 e. The first-order chi connectivity index (χ1) is 7.85. The van der Waals surface area contributed by atoms with Crippen molar-refractivity contribution in [2.24, 2.45) is 5.41 Å². The zero-order valence-corrected chi connectivity index (χ0v) is 10.4. The van der Waals surface area contributed by atoms with Gasteiger partial charge in [-0.25, -0.2) is 4.98 Å². The van der Waals surface area contributed by atoms with E-state index in [1.165, 1.54) is 32.1 Å². The van der Waals surface area contributed by atoms with E-state index in [9.17, 15) is 5.26 Å². The van der Waals surface area contributed by atoms with Crippen LogP contribution in [0, 0.1) is 16.7 Å². The van der Waals surface area contributed by atoms with E-state index in [4.69, 9.17) is 0 Å². The SMILES string of the molecule is N#CC1(Cc2nccs2)CCCCCCC1. The van der Waals surface area contributed by atoms with Crippen molar-refractivity contribution in [3.63, 3.8) is 0 Å². The number of hydrogen-bond acceptors (Lipinski definition) is 3. The summed E-state index contributed by atoms with van der Waals surface area (Å²) in [5.41, 5.74) is -0.127. The summed E-state index contributed by atoms with van der Waals surface area (Å²) in [7, 11) is 0. The standard InChI is InChI=1S/C13H18N2S/c14-11-13(10-12-15-8-9-16-12)6-4-2-1-3-5-7-13/h8-9H,1-7,10H2. The number of nitriles is 1. The van der Waals surface area contributed by atoms with Gasteiger partial charge in [-0.1, -0.05) is 32.1 Å². The molecule has 86 valence electrons. The molecule has 1 aliphatic rings. The van der Waals surface area contributed by atoms with E-state index < -0.39 is 0 Å². The van der Waals surface area contributed by atoms with Gasteiger partial charge in [-0.05, 0) is 12.8 Å². The monoisotopic (exact) mass is 234 g/mol. The van der Waals surface area contributed by atoms with Crippen LogP contribution in [-0.4, -0.2) is 4.98 Å². The summed E-state index contributed by atoms with van der Waals surface area (Å²) in [5, 5.41) is 12.6. The van der Waals surface area contributed by atoms with E-state index in [2.05, 4.69) is 11.1 Å². The van der Waals surface area contributed by atoms with Gasteiger partial charge in [0.1, 0.15) is 0 Å². The fourth-order valence-corrected chi connectivity index (χ4v) is 3.30. The quantitative estimate of drug-likeness (QED) is 0.777. The largest absolute Gasteiger partial charge is 0.250 e. The summed E-state index contributed by atoms with van der Waals surface area (Å²) < 4.78 is 0. The molecule has 16 heavy (non-hydrogen) atoms. The van der Waals surface area contributed by atoms with Crippen molar-refractivity contribution in [2.75, 3.05) is 0 Å². The molecule has 2 rings (SSSR count). The minimum atomic E-state index is -0.127. The average molecular weight is 234 g/mol. The fourth-order valence-electron chi connectivity index (χ4n) is 2.54. The maximum absolute atomic E-state index is 9.48. The molecule has 1 aromatic rings. The molecule has 0 radical (unpaired) electrons. The van der Waals surface area contributed by atoms with Gasteiger partial charge in [-0.15, -0.1) is 11.3 Å². The highest BCUT2D eigenvalue weighted by Crippen LogP contribution is 2.37. The van der Waals surface area contributed by atoms with E-state index in [0.29, 0.717) is 0 Å². The Morgan fingerprint density at radius 1 is 1.25 bits per heavy atom. The van der Waals surface area contributed by atoms with Crippen LogP contribution >= 0.6 is 11.3 Å². The molecule has 0 unspecified atom stereocenters. The van der Waals surface area contributed by atoms with Gasteiger partial charge in [0.25, 0.3) is 0 Å². The van der Waals surface area contributed by atoms with Crippen LogP contribution in [0.5, 0.6) is 0 Å². The van der Waals surface area contributed by atoms with Gasteiger partial charge in [-0.2, -0.15) is 5.26 Å². The van der Waals surface area contributed by atoms with Gasteiger partial charge in [0.15, 0.2) is 0 Å². The average Bonchev–Trinajstić information content (AvgIpc) is 2.75. The van der Waals surface area contributed by atoms with Crippen molar-refractivity contribution < 1.29 is 0 Å². The Balaban J connectivity index is 2.07. The molecule has 2 nitrogen and oxygen atoms in total. The molecule has 0 aliphatic heterocycles. The summed E-state index contributed by atoms with van der Waals surface area (Å²) >= 11 is 1.68. The number of rotatable bonds is 2. The Morgan fingerprint density at radius 3 is 2.50 bits per heavy atom. The zero-order valence-electron chi connectivity index (χ0n) is 9.61. The highest BCUT2D eigenvalue weighted by molar-refractivity contribution is 7.09. The zero-order chi connectivity index (χ0) is 11.3. The summed E-state index contributed by atoms with van der Waals surface area (Å²) in [6.45, 7) is 0. The molecule has 1 fully saturated rings. The third-order valence-corrected chi connectivity index (χ3v) is 4.30. The second-order valence-electron chi connectivity index (χ2n) is 4.76. The van der Waals surface area contributed by atoms with E-state index in [-0.39, 0.29) is 5.41 Å². The van der Waals surface area contributed by atoms with Crippen LogP contribution in [0.3, 0.4) is 0 Å². The third kappa shape index (κ3) is 2.82. The van der Waals surface area contributed by atoms with Gasteiger partial charge in [0.05, 0.1) is 16.5 Å². The smallest absolute Gasteiger partial charge is 0.0940 e. The van der Waals surface area contributed by atoms with Crippen LogP contribution in [0.4, 0.5) is 0 Å². The number of nitrogens with zero attached hydrogens (tertiary/aromatic N) is 2. The molecule has 1 heterocycles. The molecular weight excluding hydrogens is 216 g/mol. The lowest BCUT2D eigenvalue weighted by molar-refractivity contribution is 0.287. The molecular formula is C13H18N2S. The summed E-state index contributed by atoms with van der Waals surface area (Å²) in [5.74, 6) is 0. The predicted molar refractivity (Wildman–Crippen MR) is 66.2 cm³/mol. The van der Waals surface area contributed by atoms with Gasteiger partial charge in [0.2, 0.25) is 0 Å². The van der Waals surface area contributed by atoms with Gasteiger partial charge in [0, 0.05) is 18.0 Å². The summed E-state index contributed by atoms with van der Waals surface area (Å²) in [6.07, 6.45) is 11.2. The first-order valence-corrected chi connectivity index (χ1v) is 7.02. The molecule has 0 atom stereocenters. The molecule has 0 bridgehead atoms. The Hall–Kier alpha value is -0.880. The first-order valence-electron chi connectivity index (χ1n) is 6.14. The van der Waals surface area contributed by atoms with Crippen molar-refractivity contribution in [1.82, 2.24) is 4.98 Å². The highest BCUT2D eigenvalue weighted by Gasteiger charge is 2.31. The normalized spacial score (nSPS) is 20.7. The van der Waals surface area contributed by atoms with Crippen molar-refractivity contribution in [2.45, 2.75) is 51.4 Å². The molecule has 0 aromatic carbocycles. The van der Waals surface area contributed by atoms with Gasteiger partial charge < -0.3 is 0 Å².